The van der Waals surface area contributed by atoms with Crippen LogP contribution in [-0.4, -0.2) is 26.2 Å². The van der Waals surface area contributed by atoms with E-state index in [0.717, 1.165) is 11.0 Å². The minimum absolute atomic E-state index is 0.249. The number of aromatic amines is 2. The number of hydrogen-bond acceptors (Lipinski definition) is 4. The number of hydrogen-bond donors (Lipinski definition) is 2. The fourth-order valence-corrected chi connectivity index (χ4v) is 2.25. The Morgan fingerprint density at radius 1 is 0.864 bits per heavy atom. The molecule has 0 fully saturated rings. The molecule has 0 aliphatic heterocycles. The topological polar surface area (TPSA) is 86.8 Å². The van der Waals surface area contributed by atoms with E-state index < -0.39 is 0 Å². The number of imidazole rings is 1. The van der Waals surface area contributed by atoms with Gasteiger partial charge in [0, 0.05) is 0 Å². The van der Waals surface area contributed by atoms with Gasteiger partial charge in [0.1, 0.15) is 5.69 Å². The molecule has 0 saturated carbocycles. The standard InChI is InChI=1S/C16H11N5O/c22-15-14(18-10-5-1-2-6-11(10)19-15)9-17-16-20-12-7-3-4-8-13(12)21-16/h1-9H,(H,19,22)(H,20,21)/b17-9+. The molecule has 0 amide bonds. The number of nitrogens with zero attached hydrogens (tertiary/aromatic N) is 3. The Hall–Kier alpha value is -3.28. The molecule has 0 radical (unpaired) electrons. The van der Waals surface area contributed by atoms with Crippen molar-refractivity contribution in [1.82, 2.24) is 19.9 Å². The van der Waals surface area contributed by atoms with E-state index in [-0.39, 0.29) is 11.3 Å². The lowest BCUT2D eigenvalue weighted by Crippen LogP contribution is -2.14. The molecular weight excluding hydrogens is 278 g/mol. The minimum atomic E-state index is -0.279. The van der Waals surface area contributed by atoms with Crippen molar-refractivity contribution in [2.24, 2.45) is 4.99 Å². The van der Waals surface area contributed by atoms with Gasteiger partial charge >= 0.3 is 0 Å². The van der Waals surface area contributed by atoms with Crippen molar-refractivity contribution >= 4 is 34.2 Å². The third-order valence-electron chi connectivity index (χ3n) is 3.31. The molecule has 0 aliphatic rings. The maximum atomic E-state index is 12.0. The van der Waals surface area contributed by atoms with Crippen LogP contribution in [0.5, 0.6) is 0 Å². The van der Waals surface area contributed by atoms with Gasteiger partial charge in [-0.2, -0.15) is 0 Å². The molecule has 4 aromatic rings. The quantitative estimate of drug-likeness (QED) is 0.556. The van der Waals surface area contributed by atoms with Crippen LogP contribution in [0.25, 0.3) is 22.1 Å². The van der Waals surface area contributed by atoms with Crippen molar-refractivity contribution in [3.8, 4) is 0 Å². The zero-order valence-corrected chi connectivity index (χ0v) is 11.4. The van der Waals surface area contributed by atoms with Gasteiger partial charge in [-0.05, 0) is 24.3 Å². The summed E-state index contributed by atoms with van der Waals surface area (Å²) in [6.07, 6.45) is 1.42. The molecule has 2 aromatic heterocycles. The Kier molecular flexibility index (Phi) is 2.79. The summed E-state index contributed by atoms with van der Waals surface area (Å²) in [5, 5.41) is 0. The zero-order valence-electron chi connectivity index (χ0n) is 11.4. The number of benzene rings is 2. The van der Waals surface area contributed by atoms with Crippen LogP contribution in [0.4, 0.5) is 5.95 Å². The van der Waals surface area contributed by atoms with E-state index in [4.69, 9.17) is 0 Å². The zero-order chi connectivity index (χ0) is 14.9. The largest absolute Gasteiger partial charge is 0.322 e. The summed E-state index contributed by atoms with van der Waals surface area (Å²) in [4.78, 5) is 30.7. The molecule has 6 nitrogen and oxygen atoms in total. The molecule has 0 aliphatic carbocycles. The van der Waals surface area contributed by atoms with Gasteiger partial charge in [-0.25, -0.2) is 15.0 Å². The lowest BCUT2D eigenvalue weighted by atomic mass is 10.3. The fourth-order valence-electron chi connectivity index (χ4n) is 2.25. The monoisotopic (exact) mass is 289 g/mol. The smallest absolute Gasteiger partial charge is 0.275 e. The maximum Gasteiger partial charge on any atom is 0.275 e. The highest BCUT2D eigenvalue weighted by Crippen LogP contribution is 2.15. The van der Waals surface area contributed by atoms with Crippen LogP contribution < -0.4 is 5.56 Å². The van der Waals surface area contributed by atoms with E-state index in [0.29, 0.717) is 17.0 Å². The van der Waals surface area contributed by atoms with Crippen LogP contribution >= 0.6 is 0 Å². The van der Waals surface area contributed by atoms with E-state index in [2.05, 4.69) is 24.9 Å². The molecule has 2 aromatic carbocycles. The van der Waals surface area contributed by atoms with Crippen LogP contribution in [0, 0.1) is 0 Å². The minimum Gasteiger partial charge on any atom is -0.322 e. The highest BCUT2D eigenvalue weighted by atomic mass is 16.1. The first kappa shape index (κ1) is 12.5. The molecule has 0 saturated heterocycles. The Labute approximate surface area is 124 Å². The average Bonchev–Trinajstić information content (AvgIpc) is 2.95. The third-order valence-corrected chi connectivity index (χ3v) is 3.31. The van der Waals surface area contributed by atoms with Gasteiger partial charge < -0.3 is 9.97 Å². The van der Waals surface area contributed by atoms with Crippen molar-refractivity contribution in [2.45, 2.75) is 0 Å². The van der Waals surface area contributed by atoms with Gasteiger partial charge in [-0.3, -0.25) is 4.79 Å². The average molecular weight is 289 g/mol. The second kappa shape index (κ2) is 4.92. The Bertz CT molecular complexity index is 1030. The predicted octanol–water partition coefficient (Wildman–Crippen LogP) is 2.55. The Balaban J connectivity index is 1.76. The highest BCUT2D eigenvalue weighted by Gasteiger charge is 2.03. The molecule has 0 spiro atoms. The Morgan fingerprint density at radius 3 is 2.23 bits per heavy atom. The molecule has 2 N–H and O–H groups in total. The van der Waals surface area contributed by atoms with Crippen LogP contribution in [0.15, 0.2) is 58.3 Å². The molecule has 106 valence electrons. The van der Waals surface area contributed by atoms with Crippen molar-refractivity contribution in [3.63, 3.8) is 0 Å². The highest BCUT2D eigenvalue weighted by molar-refractivity contribution is 5.84. The SMILES string of the molecule is O=c1[nH]c2ccccc2nc1/C=N/c1nc2ccccc2[nH]1. The van der Waals surface area contributed by atoms with E-state index in [1.807, 2.05) is 48.5 Å². The van der Waals surface area contributed by atoms with E-state index in [1.165, 1.54) is 6.21 Å². The van der Waals surface area contributed by atoms with Gasteiger partial charge in [0.25, 0.3) is 5.56 Å². The number of H-pyrrole nitrogens is 2. The summed E-state index contributed by atoms with van der Waals surface area (Å²) in [6, 6.07) is 15.0. The second-order valence-corrected chi connectivity index (χ2v) is 4.80. The molecule has 0 unspecified atom stereocenters. The van der Waals surface area contributed by atoms with Crippen LogP contribution in [0.2, 0.25) is 0 Å². The van der Waals surface area contributed by atoms with Crippen molar-refractivity contribution in [2.75, 3.05) is 0 Å². The number of nitrogens with one attached hydrogen (secondary N) is 2. The van der Waals surface area contributed by atoms with Crippen LogP contribution in [-0.2, 0) is 0 Å². The fraction of sp³-hybridized carbons (Fsp3) is 0. The maximum absolute atomic E-state index is 12.0. The van der Waals surface area contributed by atoms with Gasteiger partial charge in [0.15, 0.2) is 0 Å². The summed E-state index contributed by atoms with van der Waals surface area (Å²) < 4.78 is 0. The van der Waals surface area contributed by atoms with Gasteiger partial charge in [0.05, 0.1) is 28.3 Å². The second-order valence-electron chi connectivity index (χ2n) is 4.80. The van der Waals surface area contributed by atoms with Gasteiger partial charge in [-0.1, -0.05) is 24.3 Å². The van der Waals surface area contributed by atoms with E-state index in [1.54, 1.807) is 0 Å². The van der Waals surface area contributed by atoms with E-state index >= 15 is 0 Å². The number of aliphatic imine (C=N–C) groups is 1. The molecule has 2 heterocycles. The number of fused-ring (bicyclic) bond motifs is 2. The first-order valence-electron chi connectivity index (χ1n) is 6.77. The molecule has 0 atom stereocenters. The summed E-state index contributed by atoms with van der Waals surface area (Å²) in [5.41, 5.74) is 3.12. The number of aromatic nitrogens is 4. The molecule has 22 heavy (non-hydrogen) atoms. The van der Waals surface area contributed by atoms with Crippen LogP contribution in [0.3, 0.4) is 0 Å². The van der Waals surface area contributed by atoms with Crippen molar-refractivity contribution < 1.29 is 0 Å². The molecule has 4 rings (SSSR count). The van der Waals surface area contributed by atoms with Crippen molar-refractivity contribution in [1.29, 1.82) is 0 Å². The lowest BCUT2D eigenvalue weighted by Gasteiger charge is -1.97. The van der Waals surface area contributed by atoms with Crippen LogP contribution in [0.1, 0.15) is 5.69 Å². The lowest BCUT2D eigenvalue weighted by molar-refractivity contribution is 1.19. The number of para-hydroxylation sites is 4. The molecular formula is C16H11N5O. The summed E-state index contributed by atoms with van der Waals surface area (Å²) in [7, 11) is 0. The summed E-state index contributed by atoms with van der Waals surface area (Å²) in [5.74, 6) is 0.440. The third kappa shape index (κ3) is 2.16. The summed E-state index contributed by atoms with van der Waals surface area (Å²) >= 11 is 0. The van der Waals surface area contributed by atoms with Gasteiger partial charge in [-0.15, -0.1) is 0 Å². The molecule has 0 bridgehead atoms. The predicted molar refractivity (Wildman–Crippen MR) is 85.7 cm³/mol. The van der Waals surface area contributed by atoms with E-state index in [9.17, 15) is 4.79 Å². The Morgan fingerprint density at radius 2 is 1.50 bits per heavy atom. The van der Waals surface area contributed by atoms with Gasteiger partial charge in [0.2, 0.25) is 5.95 Å². The first-order chi connectivity index (χ1) is 10.8. The first-order valence-corrected chi connectivity index (χ1v) is 6.77. The number of rotatable bonds is 2. The normalized spacial score (nSPS) is 11.6. The van der Waals surface area contributed by atoms with Crippen molar-refractivity contribution in [3.05, 3.63) is 64.6 Å². The molecule has 6 heteroatoms. The summed E-state index contributed by atoms with van der Waals surface area (Å²) in [6.45, 7) is 0.